The molecule has 2 aromatic carbocycles. The first kappa shape index (κ1) is 19.6. The van der Waals surface area contributed by atoms with Crippen LogP contribution in [0.2, 0.25) is 0 Å². The van der Waals surface area contributed by atoms with E-state index >= 15 is 0 Å². The van der Waals surface area contributed by atoms with Crippen LogP contribution in [0.25, 0.3) is 0 Å². The zero-order chi connectivity index (χ0) is 19.0. The van der Waals surface area contributed by atoms with Crippen molar-refractivity contribution in [1.29, 1.82) is 0 Å². The van der Waals surface area contributed by atoms with E-state index in [0.29, 0.717) is 6.54 Å². The Hall–Kier alpha value is -2.70. The Labute approximate surface area is 149 Å². The number of alkyl halides is 3. The second-order valence-electron chi connectivity index (χ2n) is 5.62. The summed E-state index contributed by atoms with van der Waals surface area (Å²) in [6.45, 7) is 0.126. The van der Waals surface area contributed by atoms with Crippen LogP contribution in [0, 0.1) is 0 Å². The number of carbonyl (C=O) groups is 1. The van der Waals surface area contributed by atoms with Gasteiger partial charge >= 0.3 is 6.18 Å². The van der Waals surface area contributed by atoms with Gasteiger partial charge in [-0.05, 0) is 48.7 Å². The second-order valence-corrected chi connectivity index (χ2v) is 5.62. The van der Waals surface area contributed by atoms with E-state index in [2.05, 4.69) is 5.32 Å². The molecule has 0 fully saturated rings. The molecule has 0 bridgehead atoms. The third kappa shape index (κ3) is 6.31. The molecule has 0 aliphatic rings. The van der Waals surface area contributed by atoms with Crippen LogP contribution in [0.1, 0.15) is 17.5 Å². The van der Waals surface area contributed by atoms with E-state index in [1.54, 1.807) is 7.11 Å². The quantitative estimate of drug-likeness (QED) is 0.721. The summed E-state index contributed by atoms with van der Waals surface area (Å²) in [6.07, 6.45) is -2.91. The predicted octanol–water partition coefficient (Wildman–Crippen LogP) is 3.84. The highest BCUT2D eigenvalue weighted by Gasteiger charge is 2.30. The second kappa shape index (κ2) is 9.12. The Kier molecular flexibility index (Phi) is 6.89. The van der Waals surface area contributed by atoms with Crippen LogP contribution < -0.4 is 14.8 Å². The molecule has 0 aliphatic heterocycles. The fourth-order valence-corrected chi connectivity index (χ4v) is 2.27. The van der Waals surface area contributed by atoms with Gasteiger partial charge in [0.15, 0.2) is 6.61 Å². The van der Waals surface area contributed by atoms with Crippen molar-refractivity contribution in [3.05, 3.63) is 59.7 Å². The molecule has 7 heteroatoms. The van der Waals surface area contributed by atoms with Crippen molar-refractivity contribution in [3.8, 4) is 11.5 Å². The van der Waals surface area contributed by atoms with Gasteiger partial charge in [0.2, 0.25) is 0 Å². The number of benzene rings is 2. The summed E-state index contributed by atoms with van der Waals surface area (Å²) in [4.78, 5) is 11.7. The maximum Gasteiger partial charge on any atom is 0.416 e. The van der Waals surface area contributed by atoms with Crippen LogP contribution in [-0.4, -0.2) is 26.2 Å². The molecule has 0 saturated carbocycles. The van der Waals surface area contributed by atoms with Crippen molar-refractivity contribution in [2.45, 2.75) is 19.0 Å². The SMILES string of the molecule is COc1ccc(CCCNC(=O)COc2cccc(C(F)(F)F)c2)cc1. The molecule has 0 unspecified atom stereocenters. The minimum absolute atomic E-state index is 0.00760. The summed E-state index contributed by atoms with van der Waals surface area (Å²) < 4.78 is 48.0. The van der Waals surface area contributed by atoms with E-state index < -0.39 is 11.7 Å². The minimum atomic E-state index is -4.44. The summed E-state index contributed by atoms with van der Waals surface area (Å²) in [5.74, 6) is 0.416. The van der Waals surface area contributed by atoms with Gasteiger partial charge < -0.3 is 14.8 Å². The van der Waals surface area contributed by atoms with E-state index in [-0.39, 0.29) is 18.3 Å². The summed E-state index contributed by atoms with van der Waals surface area (Å²) in [5, 5.41) is 2.68. The van der Waals surface area contributed by atoms with Crippen molar-refractivity contribution in [2.24, 2.45) is 0 Å². The van der Waals surface area contributed by atoms with E-state index in [9.17, 15) is 18.0 Å². The van der Waals surface area contributed by atoms with Crippen LogP contribution in [0.3, 0.4) is 0 Å². The minimum Gasteiger partial charge on any atom is -0.497 e. The molecule has 0 aromatic heterocycles. The van der Waals surface area contributed by atoms with E-state index in [1.165, 1.54) is 12.1 Å². The molecular formula is C19H20F3NO3. The van der Waals surface area contributed by atoms with E-state index in [4.69, 9.17) is 9.47 Å². The Morgan fingerprint density at radius 1 is 1.08 bits per heavy atom. The average Bonchev–Trinajstić information content (AvgIpc) is 2.63. The molecule has 0 saturated heterocycles. The molecular weight excluding hydrogens is 347 g/mol. The highest BCUT2D eigenvalue weighted by atomic mass is 19.4. The van der Waals surface area contributed by atoms with Crippen LogP contribution in [0.4, 0.5) is 13.2 Å². The van der Waals surface area contributed by atoms with Gasteiger partial charge in [-0.3, -0.25) is 4.79 Å². The standard InChI is InChI=1S/C19H20F3NO3/c1-25-16-9-7-14(8-10-16)4-3-11-23-18(24)13-26-17-6-2-5-15(12-17)19(20,21)22/h2,5-10,12H,3-4,11,13H2,1H3,(H,23,24). The highest BCUT2D eigenvalue weighted by Crippen LogP contribution is 2.31. The third-order valence-electron chi connectivity index (χ3n) is 3.65. The number of rotatable bonds is 8. The van der Waals surface area contributed by atoms with Crippen molar-refractivity contribution >= 4 is 5.91 Å². The molecule has 0 aliphatic carbocycles. The summed E-state index contributed by atoms with van der Waals surface area (Å²) in [6, 6.07) is 12.1. The monoisotopic (exact) mass is 367 g/mol. The molecule has 26 heavy (non-hydrogen) atoms. The van der Waals surface area contributed by atoms with Gasteiger partial charge in [0, 0.05) is 6.54 Å². The van der Waals surface area contributed by atoms with Crippen molar-refractivity contribution in [2.75, 3.05) is 20.3 Å². The van der Waals surface area contributed by atoms with Crippen LogP contribution in [0.15, 0.2) is 48.5 Å². The summed E-state index contributed by atoms with van der Waals surface area (Å²) in [5.41, 5.74) is 0.315. The lowest BCUT2D eigenvalue weighted by Gasteiger charge is -2.10. The Morgan fingerprint density at radius 3 is 2.46 bits per heavy atom. The van der Waals surface area contributed by atoms with Gasteiger partial charge in [0.25, 0.3) is 5.91 Å². The van der Waals surface area contributed by atoms with Crippen LogP contribution in [0.5, 0.6) is 11.5 Å². The predicted molar refractivity (Wildman–Crippen MR) is 91.3 cm³/mol. The van der Waals surface area contributed by atoms with Gasteiger partial charge in [-0.1, -0.05) is 18.2 Å². The molecule has 2 rings (SSSR count). The van der Waals surface area contributed by atoms with Gasteiger partial charge in [0.05, 0.1) is 12.7 Å². The normalized spacial score (nSPS) is 11.1. The van der Waals surface area contributed by atoms with E-state index in [0.717, 1.165) is 36.3 Å². The van der Waals surface area contributed by atoms with Crippen molar-refractivity contribution < 1.29 is 27.4 Å². The number of aryl methyl sites for hydroxylation is 1. The smallest absolute Gasteiger partial charge is 0.416 e. The van der Waals surface area contributed by atoms with Gasteiger partial charge in [-0.15, -0.1) is 0 Å². The first-order chi connectivity index (χ1) is 12.4. The zero-order valence-corrected chi connectivity index (χ0v) is 14.3. The molecule has 4 nitrogen and oxygen atoms in total. The molecule has 140 valence electrons. The first-order valence-electron chi connectivity index (χ1n) is 8.08. The lowest BCUT2D eigenvalue weighted by Crippen LogP contribution is -2.29. The Balaban J connectivity index is 1.69. The molecule has 2 aromatic rings. The van der Waals surface area contributed by atoms with Crippen LogP contribution >= 0.6 is 0 Å². The average molecular weight is 367 g/mol. The molecule has 1 amide bonds. The van der Waals surface area contributed by atoms with Gasteiger partial charge in [-0.25, -0.2) is 0 Å². The van der Waals surface area contributed by atoms with Gasteiger partial charge in [-0.2, -0.15) is 13.2 Å². The lowest BCUT2D eigenvalue weighted by atomic mass is 10.1. The number of carbonyl (C=O) groups excluding carboxylic acids is 1. The topological polar surface area (TPSA) is 47.6 Å². The first-order valence-corrected chi connectivity index (χ1v) is 8.08. The number of ether oxygens (including phenoxy) is 2. The Bertz CT molecular complexity index is 715. The molecule has 0 atom stereocenters. The van der Waals surface area contributed by atoms with Gasteiger partial charge in [0.1, 0.15) is 11.5 Å². The Morgan fingerprint density at radius 2 is 1.81 bits per heavy atom. The summed E-state index contributed by atoms with van der Waals surface area (Å²) in [7, 11) is 1.60. The van der Waals surface area contributed by atoms with Crippen molar-refractivity contribution in [1.82, 2.24) is 5.32 Å². The van der Waals surface area contributed by atoms with Crippen LogP contribution in [-0.2, 0) is 17.4 Å². The zero-order valence-electron chi connectivity index (χ0n) is 14.3. The highest BCUT2D eigenvalue weighted by molar-refractivity contribution is 5.77. The maximum atomic E-state index is 12.6. The molecule has 0 radical (unpaired) electrons. The third-order valence-corrected chi connectivity index (χ3v) is 3.65. The molecule has 0 spiro atoms. The molecule has 0 heterocycles. The largest absolute Gasteiger partial charge is 0.497 e. The fourth-order valence-electron chi connectivity index (χ4n) is 2.27. The van der Waals surface area contributed by atoms with Crippen molar-refractivity contribution in [3.63, 3.8) is 0 Å². The number of methoxy groups -OCH3 is 1. The number of hydrogen-bond donors (Lipinski definition) is 1. The lowest BCUT2D eigenvalue weighted by molar-refractivity contribution is -0.137. The number of amides is 1. The number of hydrogen-bond acceptors (Lipinski definition) is 3. The number of nitrogens with one attached hydrogen (secondary N) is 1. The van der Waals surface area contributed by atoms with E-state index in [1.807, 2.05) is 24.3 Å². The summed E-state index contributed by atoms with van der Waals surface area (Å²) >= 11 is 0. The number of halogens is 3. The maximum absolute atomic E-state index is 12.6. The fraction of sp³-hybridized carbons (Fsp3) is 0.316. The molecule has 1 N–H and O–H groups in total.